The van der Waals surface area contributed by atoms with Gasteiger partial charge in [0, 0.05) is 16.3 Å². The summed E-state index contributed by atoms with van der Waals surface area (Å²) in [5.74, 6) is -1.05. The molecule has 0 aromatic heterocycles. The zero-order chi connectivity index (χ0) is 22.5. The van der Waals surface area contributed by atoms with Crippen LogP contribution in [-0.2, 0) is 16.1 Å². The first kappa shape index (κ1) is 21.6. The number of nitrogens with one attached hydrogen (secondary N) is 1. The number of hydrogen-bond acceptors (Lipinski definition) is 5. The van der Waals surface area contributed by atoms with Gasteiger partial charge >= 0.3 is 5.97 Å². The van der Waals surface area contributed by atoms with Crippen molar-refractivity contribution in [2.45, 2.75) is 23.3 Å². The van der Waals surface area contributed by atoms with E-state index in [2.05, 4.69) is 5.32 Å². The van der Waals surface area contributed by atoms with Crippen LogP contribution in [0.4, 0.5) is 5.69 Å². The van der Waals surface area contributed by atoms with E-state index in [4.69, 9.17) is 4.74 Å². The van der Waals surface area contributed by atoms with Crippen molar-refractivity contribution in [3.05, 3.63) is 89.5 Å². The summed E-state index contributed by atoms with van der Waals surface area (Å²) in [6, 6.07) is 21.9. The Kier molecular flexibility index (Phi) is 6.56. The summed E-state index contributed by atoms with van der Waals surface area (Å²) in [5, 5.41) is 2.87. The molecule has 162 valence electrons. The maximum absolute atomic E-state index is 13.4. The zero-order valence-corrected chi connectivity index (χ0v) is 18.4. The molecular weight excluding hydrogens is 424 g/mol. The molecule has 0 unspecified atom stereocenters. The van der Waals surface area contributed by atoms with Gasteiger partial charge in [0.05, 0.1) is 23.4 Å². The molecule has 0 spiro atoms. The van der Waals surface area contributed by atoms with Crippen LogP contribution in [0, 0.1) is 0 Å². The molecule has 2 amide bonds. The van der Waals surface area contributed by atoms with E-state index < -0.39 is 5.97 Å². The third-order valence-electron chi connectivity index (χ3n) is 4.98. The van der Waals surface area contributed by atoms with Crippen LogP contribution in [0.5, 0.6) is 0 Å². The van der Waals surface area contributed by atoms with Crippen molar-refractivity contribution in [1.82, 2.24) is 5.32 Å². The lowest BCUT2D eigenvalue weighted by Gasteiger charge is -2.23. The van der Waals surface area contributed by atoms with Gasteiger partial charge in [0.25, 0.3) is 5.91 Å². The van der Waals surface area contributed by atoms with E-state index >= 15 is 0 Å². The summed E-state index contributed by atoms with van der Waals surface area (Å²) < 4.78 is 5.11. The number of benzene rings is 3. The van der Waals surface area contributed by atoms with E-state index in [1.165, 1.54) is 16.7 Å². The molecule has 1 aliphatic heterocycles. The third kappa shape index (κ3) is 4.68. The van der Waals surface area contributed by atoms with E-state index in [9.17, 15) is 14.4 Å². The lowest BCUT2D eigenvalue weighted by molar-refractivity contribution is -0.119. The van der Waals surface area contributed by atoms with E-state index in [1.807, 2.05) is 42.5 Å². The summed E-state index contributed by atoms with van der Waals surface area (Å²) in [4.78, 5) is 41.5. The minimum Gasteiger partial charge on any atom is -0.462 e. The Hall–Kier alpha value is -3.58. The highest BCUT2D eigenvalue weighted by atomic mass is 32.2. The highest BCUT2D eigenvalue weighted by Crippen LogP contribution is 2.41. The molecule has 4 rings (SSSR count). The molecule has 32 heavy (non-hydrogen) atoms. The van der Waals surface area contributed by atoms with Gasteiger partial charge in [-0.15, -0.1) is 0 Å². The Morgan fingerprint density at radius 3 is 2.50 bits per heavy atom. The minimum atomic E-state index is -0.469. The number of anilines is 1. The molecule has 1 heterocycles. The van der Waals surface area contributed by atoms with Gasteiger partial charge in [0.1, 0.15) is 6.54 Å². The predicted molar refractivity (Wildman–Crippen MR) is 123 cm³/mol. The highest BCUT2D eigenvalue weighted by molar-refractivity contribution is 7.99. The van der Waals surface area contributed by atoms with Gasteiger partial charge in [-0.2, -0.15) is 0 Å². The normalized spacial score (nSPS) is 12.4. The summed E-state index contributed by atoms with van der Waals surface area (Å²) in [6.45, 7) is 2.18. The molecule has 1 N–H and O–H groups in total. The summed E-state index contributed by atoms with van der Waals surface area (Å²) >= 11 is 1.44. The van der Waals surface area contributed by atoms with Crippen molar-refractivity contribution >= 4 is 35.2 Å². The van der Waals surface area contributed by atoms with E-state index in [0.29, 0.717) is 23.4 Å². The van der Waals surface area contributed by atoms with Crippen molar-refractivity contribution in [2.24, 2.45) is 0 Å². The van der Waals surface area contributed by atoms with Gasteiger partial charge in [0.2, 0.25) is 5.91 Å². The Balaban J connectivity index is 1.65. The molecule has 3 aromatic rings. The first-order chi connectivity index (χ1) is 15.6. The van der Waals surface area contributed by atoms with Crippen LogP contribution in [0.1, 0.15) is 33.2 Å². The molecule has 0 fully saturated rings. The monoisotopic (exact) mass is 446 g/mol. The van der Waals surface area contributed by atoms with Gasteiger partial charge < -0.3 is 10.1 Å². The van der Waals surface area contributed by atoms with Crippen molar-refractivity contribution in [2.75, 3.05) is 18.1 Å². The summed E-state index contributed by atoms with van der Waals surface area (Å²) in [7, 11) is 0. The first-order valence-electron chi connectivity index (χ1n) is 10.3. The van der Waals surface area contributed by atoms with E-state index in [0.717, 1.165) is 15.4 Å². The topological polar surface area (TPSA) is 75.7 Å². The maximum Gasteiger partial charge on any atom is 0.338 e. The molecule has 0 atom stereocenters. The quantitative estimate of drug-likeness (QED) is 0.572. The highest BCUT2D eigenvalue weighted by Gasteiger charge is 2.29. The lowest BCUT2D eigenvalue weighted by Crippen LogP contribution is -2.40. The Morgan fingerprint density at radius 1 is 0.969 bits per heavy atom. The number of fused-ring (bicyclic) bond motifs is 2. The molecule has 0 radical (unpaired) electrons. The number of nitrogens with zero attached hydrogens (tertiary/aromatic N) is 1. The number of esters is 1. The average molecular weight is 447 g/mol. The number of ether oxygens (including phenoxy) is 1. The van der Waals surface area contributed by atoms with Gasteiger partial charge in [0.15, 0.2) is 0 Å². The van der Waals surface area contributed by atoms with Gasteiger partial charge in [-0.3, -0.25) is 14.5 Å². The van der Waals surface area contributed by atoms with Crippen LogP contribution < -0.4 is 10.2 Å². The van der Waals surface area contributed by atoms with Gasteiger partial charge in [-0.05, 0) is 42.8 Å². The molecule has 0 bridgehead atoms. The van der Waals surface area contributed by atoms with Gasteiger partial charge in [-0.25, -0.2) is 4.79 Å². The maximum atomic E-state index is 13.4. The molecule has 0 aliphatic carbocycles. The Morgan fingerprint density at radius 2 is 1.72 bits per heavy atom. The van der Waals surface area contributed by atoms with Crippen molar-refractivity contribution < 1.29 is 19.1 Å². The summed E-state index contributed by atoms with van der Waals surface area (Å²) in [6.07, 6.45) is 0. The number of carbonyl (C=O) groups excluding carboxylic acids is 3. The second-order valence-electron chi connectivity index (χ2n) is 7.15. The van der Waals surface area contributed by atoms with Crippen molar-refractivity contribution in [3.8, 4) is 0 Å². The molecule has 3 aromatic carbocycles. The SMILES string of the molecule is CCOC(=O)c1ccc2c(c1)N(CC(=O)NCc1ccccc1)C(=O)c1ccccc1S2. The molecule has 0 saturated heterocycles. The standard InChI is InChI=1S/C25H22N2O4S/c1-2-31-25(30)18-12-13-22-20(14-18)27(24(29)19-10-6-7-11-21(19)32-22)16-23(28)26-15-17-8-4-3-5-9-17/h3-14H,2,15-16H2,1H3,(H,26,28). The molecular formula is C25H22N2O4S. The average Bonchev–Trinajstić information content (AvgIpc) is 2.93. The molecule has 7 heteroatoms. The van der Waals surface area contributed by atoms with Crippen LogP contribution in [0.3, 0.4) is 0 Å². The minimum absolute atomic E-state index is 0.167. The van der Waals surface area contributed by atoms with Crippen LogP contribution in [0.15, 0.2) is 82.6 Å². The van der Waals surface area contributed by atoms with Crippen LogP contribution in [0.25, 0.3) is 0 Å². The van der Waals surface area contributed by atoms with Crippen LogP contribution >= 0.6 is 11.8 Å². The van der Waals surface area contributed by atoms with E-state index in [-0.39, 0.29) is 25.0 Å². The smallest absolute Gasteiger partial charge is 0.338 e. The molecule has 0 saturated carbocycles. The fraction of sp³-hybridized carbons (Fsp3) is 0.160. The molecule has 1 aliphatic rings. The third-order valence-corrected chi connectivity index (χ3v) is 6.12. The van der Waals surface area contributed by atoms with Crippen LogP contribution in [0.2, 0.25) is 0 Å². The Labute approximate surface area is 190 Å². The number of hydrogen-bond donors (Lipinski definition) is 1. The van der Waals surface area contributed by atoms with Crippen molar-refractivity contribution in [1.29, 1.82) is 0 Å². The molecule has 6 nitrogen and oxygen atoms in total. The summed E-state index contributed by atoms with van der Waals surface area (Å²) in [5.41, 5.74) is 2.33. The second-order valence-corrected chi connectivity index (χ2v) is 8.24. The first-order valence-corrected chi connectivity index (χ1v) is 11.1. The van der Waals surface area contributed by atoms with Crippen molar-refractivity contribution in [3.63, 3.8) is 0 Å². The lowest BCUT2D eigenvalue weighted by atomic mass is 10.1. The van der Waals surface area contributed by atoms with E-state index in [1.54, 1.807) is 37.3 Å². The predicted octanol–water partition coefficient (Wildman–Crippen LogP) is 4.29. The number of carbonyl (C=O) groups is 3. The largest absolute Gasteiger partial charge is 0.462 e. The zero-order valence-electron chi connectivity index (χ0n) is 17.5. The van der Waals surface area contributed by atoms with Crippen LogP contribution in [-0.4, -0.2) is 30.9 Å². The fourth-order valence-corrected chi connectivity index (χ4v) is 4.47. The number of rotatable bonds is 6. The second kappa shape index (κ2) is 9.70. The Bertz CT molecular complexity index is 1160. The van der Waals surface area contributed by atoms with Gasteiger partial charge in [-0.1, -0.05) is 54.2 Å². The fourth-order valence-electron chi connectivity index (χ4n) is 3.41. The number of amides is 2.